The molecule has 8 nitrogen and oxygen atoms in total. The Hall–Kier alpha value is -3.56. The molecular weight excluding hydrogens is 459 g/mol. The van der Waals surface area contributed by atoms with Gasteiger partial charge in [-0.05, 0) is 42.8 Å². The third-order valence-corrected chi connectivity index (χ3v) is 6.14. The summed E-state index contributed by atoms with van der Waals surface area (Å²) in [5.74, 6) is -0.528. The van der Waals surface area contributed by atoms with E-state index in [4.69, 9.17) is 11.6 Å². The molecule has 2 aliphatic heterocycles. The Kier molecular flexibility index (Phi) is 6.12. The largest absolute Gasteiger partial charge is 0.352 e. The number of halogens is 2. The highest BCUT2D eigenvalue weighted by Gasteiger charge is 2.28. The van der Waals surface area contributed by atoms with Crippen LogP contribution in [-0.2, 0) is 17.8 Å². The summed E-state index contributed by atoms with van der Waals surface area (Å²) in [6.45, 7) is 1.93. The van der Waals surface area contributed by atoms with Crippen molar-refractivity contribution in [2.75, 3.05) is 18.4 Å². The molecule has 0 unspecified atom stereocenters. The zero-order valence-corrected chi connectivity index (χ0v) is 18.9. The van der Waals surface area contributed by atoms with E-state index in [1.807, 2.05) is 12.1 Å². The number of fused-ring (bicyclic) bond motifs is 1. The van der Waals surface area contributed by atoms with Gasteiger partial charge in [0.2, 0.25) is 5.91 Å². The monoisotopic (exact) mass is 480 g/mol. The molecule has 4 N–H and O–H groups in total. The first-order valence-electron chi connectivity index (χ1n) is 11.0. The quantitative estimate of drug-likeness (QED) is 0.432. The fourth-order valence-electron chi connectivity index (χ4n) is 4.12. The maximum atomic E-state index is 14.5. The zero-order chi connectivity index (χ0) is 23.7. The third-order valence-electron chi connectivity index (χ3n) is 5.82. The summed E-state index contributed by atoms with van der Waals surface area (Å²) in [7, 11) is 0. The fourth-order valence-corrected chi connectivity index (χ4v) is 4.37. The van der Waals surface area contributed by atoms with Crippen LogP contribution in [0, 0.1) is 5.82 Å². The van der Waals surface area contributed by atoms with Gasteiger partial charge in [-0.3, -0.25) is 9.59 Å². The SMILES string of the molecule is O=C(Cc1ccc(Nc2nc(-c3c(F)cccc3Cl)nc3c2C(=O)NC3)cc1)N[C@@H]1CCNC1. The molecular formula is C24H22ClFN6O2. The van der Waals surface area contributed by atoms with E-state index in [0.29, 0.717) is 16.9 Å². The van der Waals surface area contributed by atoms with Gasteiger partial charge in [0.05, 0.1) is 29.2 Å². The van der Waals surface area contributed by atoms with Crippen molar-refractivity contribution < 1.29 is 14.0 Å². The van der Waals surface area contributed by atoms with Gasteiger partial charge < -0.3 is 21.3 Å². The topological polar surface area (TPSA) is 108 Å². The first kappa shape index (κ1) is 22.2. The summed E-state index contributed by atoms with van der Waals surface area (Å²) in [6, 6.07) is 11.8. The lowest BCUT2D eigenvalue weighted by atomic mass is 10.1. The van der Waals surface area contributed by atoms with Gasteiger partial charge in [0.1, 0.15) is 17.2 Å². The van der Waals surface area contributed by atoms with Gasteiger partial charge in [-0.15, -0.1) is 0 Å². The average Bonchev–Trinajstić information content (AvgIpc) is 3.45. The van der Waals surface area contributed by atoms with Crippen LogP contribution in [0.4, 0.5) is 15.9 Å². The molecule has 2 aliphatic rings. The van der Waals surface area contributed by atoms with Crippen molar-refractivity contribution in [3.05, 3.63) is 70.1 Å². The van der Waals surface area contributed by atoms with Crippen LogP contribution >= 0.6 is 11.6 Å². The van der Waals surface area contributed by atoms with Gasteiger partial charge in [0, 0.05) is 18.3 Å². The molecule has 2 amide bonds. The third kappa shape index (κ3) is 4.57. The molecule has 0 saturated carbocycles. The van der Waals surface area contributed by atoms with Crippen LogP contribution in [-0.4, -0.2) is 40.9 Å². The Morgan fingerprint density at radius 1 is 1.15 bits per heavy atom. The van der Waals surface area contributed by atoms with Crippen LogP contribution in [0.25, 0.3) is 11.4 Å². The average molecular weight is 481 g/mol. The van der Waals surface area contributed by atoms with Crippen molar-refractivity contribution in [2.24, 2.45) is 0 Å². The molecule has 2 aromatic carbocycles. The predicted molar refractivity (Wildman–Crippen MR) is 126 cm³/mol. The van der Waals surface area contributed by atoms with E-state index in [2.05, 4.69) is 31.2 Å². The van der Waals surface area contributed by atoms with E-state index in [1.165, 1.54) is 12.1 Å². The molecule has 1 atom stereocenters. The fraction of sp³-hybridized carbons (Fsp3) is 0.250. The summed E-state index contributed by atoms with van der Waals surface area (Å²) >= 11 is 6.21. The molecule has 0 spiro atoms. The second-order valence-electron chi connectivity index (χ2n) is 8.25. The first-order valence-corrected chi connectivity index (χ1v) is 11.4. The highest BCUT2D eigenvalue weighted by atomic mass is 35.5. The van der Waals surface area contributed by atoms with Crippen molar-refractivity contribution >= 4 is 34.9 Å². The lowest BCUT2D eigenvalue weighted by molar-refractivity contribution is -0.121. The number of amides is 2. The molecule has 1 aromatic heterocycles. The number of nitrogens with zero attached hydrogens (tertiary/aromatic N) is 2. The van der Waals surface area contributed by atoms with Gasteiger partial charge >= 0.3 is 0 Å². The molecule has 174 valence electrons. The standard InChI is InChI=1S/C24H22ClFN6O2/c25-16-2-1-3-17(26)20(16)22-31-18-12-28-24(34)21(18)23(32-22)30-14-6-4-13(5-7-14)10-19(33)29-15-8-9-27-11-15/h1-7,15,27H,8-12H2,(H,28,34)(H,29,33)(H,30,31,32)/t15-/m1/s1. The molecule has 1 saturated heterocycles. The number of benzene rings is 2. The minimum Gasteiger partial charge on any atom is -0.352 e. The second-order valence-corrected chi connectivity index (χ2v) is 8.66. The highest BCUT2D eigenvalue weighted by Crippen LogP contribution is 2.32. The number of anilines is 2. The van der Waals surface area contributed by atoms with Crippen LogP contribution in [0.3, 0.4) is 0 Å². The lowest BCUT2D eigenvalue weighted by Crippen LogP contribution is -2.37. The molecule has 34 heavy (non-hydrogen) atoms. The summed E-state index contributed by atoms with van der Waals surface area (Å²) < 4.78 is 14.5. The van der Waals surface area contributed by atoms with Gasteiger partial charge in [-0.25, -0.2) is 14.4 Å². The second kappa shape index (κ2) is 9.36. The van der Waals surface area contributed by atoms with Crippen molar-refractivity contribution in [3.8, 4) is 11.4 Å². The maximum absolute atomic E-state index is 14.5. The van der Waals surface area contributed by atoms with Crippen molar-refractivity contribution in [1.82, 2.24) is 25.9 Å². The number of carbonyl (C=O) groups is 2. The molecule has 0 aliphatic carbocycles. The van der Waals surface area contributed by atoms with E-state index < -0.39 is 5.82 Å². The Labute approximate surface area is 200 Å². The van der Waals surface area contributed by atoms with Crippen LogP contribution in [0.15, 0.2) is 42.5 Å². The Bertz CT molecular complexity index is 1240. The van der Waals surface area contributed by atoms with Gasteiger partial charge in [-0.2, -0.15) is 0 Å². The van der Waals surface area contributed by atoms with Gasteiger partial charge in [-0.1, -0.05) is 29.8 Å². The summed E-state index contributed by atoms with van der Waals surface area (Å²) in [5.41, 5.74) is 2.37. The number of nitrogens with one attached hydrogen (secondary N) is 4. The van der Waals surface area contributed by atoms with E-state index in [9.17, 15) is 14.0 Å². The van der Waals surface area contributed by atoms with E-state index in [0.717, 1.165) is 25.1 Å². The van der Waals surface area contributed by atoms with E-state index in [1.54, 1.807) is 18.2 Å². The molecule has 5 rings (SSSR count). The van der Waals surface area contributed by atoms with Crippen molar-refractivity contribution in [3.63, 3.8) is 0 Å². The number of hydrogen-bond donors (Lipinski definition) is 4. The molecule has 10 heteroatoms. The number of aromatic nitrogens is 2. The Morgan fingerprint density at radius 3 is 2.71 bits per heavy atom. The number of rotatable bonds is 6. The molecule has 3 heterocycles. The summed E-state index contributed by atoms with van der Waals surface area (Å²) in [6.07, 6.45) is 1.21. The van der Waals surface area contributed by atoms with Crippen LogP contribution in [0.5, 0.6) is 0 Å². The van der Waals surface area contributed by atoms with Gasteiger partial charge in [0.25, 0.3) is 5.91 Å². The van der Waals surface area contributed by atoms with Crippen molar-refractivity contribution in [1.29, 1.82) is 0 Å². The molecule has 3 aromatic rings. The minimum atomic E-state index is -0.549. The summed E-state index contributed by atoms with van der Waals surface area (Å²) in [5, 5.41) is 12.3. The van der Waals surface area contributed by atoms with Gasteiger partial charge in [0.15, 0.2) is 5.82 Å². The number of carbonyl (C=O) groups excluding carboxylic acids is 2. The van der Waals surface area contributed by atoms with Crippen LogP contribution in [0.1, 0.15) is 28.0 Å². The minimum absolute atomic E-state index is 0.0221. The van der Waals surface area contributed by atoms with Crippen LogP contribution in [0.2, 0.25) is 5.02 Å². The molecule has 0 radical (unpaired) electrons. The maximum Gasteiger partial charge on any atom is 0.257 e. The predicted octanol–water partition coefficient (Wildman–Crippen LogP) is 2.94. The Morgan fingerprint density at radius 2 is 1.97 bits per heavy atom. The smallest absolute Gasteiger partial charge is 0.257 e. The lowest BCUT2D eigenvalue weighted by Gasteiger charge is -2.13. The number of hydrogen-bond acceptors (Lipinski definition) is 6. The highest BCUT2D eigenvalue weighted by molar-refractivity contribution is 6.33. The molecule has 1 fully saturated rings. The normalized spacial score (nSPS) is 16.8. The Balaban J connectivity index is 1.38. The summed E-state index contributed by atoms with van der Waals surface area (Å²) in [4.78, 5) is 33.5. The first-order chi connectivity index (χ1) is 16.5. The van der Waals surface area contributed by atoms with Crippen molar-refractivity contribution in [2.45, 2.75) is 25.4 Å². The van der Waals surface area contributed by atoms with E-state index in [-0.39, 0.29) is 53.1 Å². The zero-order valence-electron chi connectivity index (χ0n) is 18.1. The molecule has 0 bridgehead atoms. The van der Waals surface area contributed by atoms with E-state index >= 15 is 0 Å². The van der Waals surface area contributed by atoms with Crippen LogP contribution < -0.4 is 21.3 Å².